The van der Waals surface area contributed by atoms with Crippen LogP contribution in [-0.2, 0) is 19.6 Å². The molecule has 11 heteroatoms. The minimum Gasteiger partial charge on any atom is -0.362 e. The summed E-state index contributed by atoms with van der Waals surface area (Å²) in [6.07, 6.45) is -2.86. The number of anilines is 1. The van der Waals surface area contributed by atoms with Gasteiger partial charge in [-0.3, -0.25) is 15.6 Å². The third kappa shape index (κ3) is 6.34. The van der Waals surface area contributed by atoms with E-state index < -0.39 is 35.3 Å². The first-order valence-corrected chi connectivity index (χ1v) is 8.46. The van der Waals surface area contributed by atoms with E-state index in [0.717, 1.165) is 12.8 Å². The van der Waals surface area contributed by atoms with Crippen LogP contribution in [0.25, 0.3) is 0 Å². The molecule has 1 amide bonds. The summed E-state index contributed by atoms with van der Waals surface area (Å²) in [7, 11) is -3.56. The van der Waals surface area contributed by atoms with Crippen LogP contribution < -0.4 is 15.6 Å². The fourth-order valence-electron chi connectivity index (χ4n) is 1.64. The maximum Gasteiger partial charge on any atom is 0.411 e. The number of halogens is 3. The molecule has 1 aromatic carbocycles. The minimum atomic E-state index is -4.50. The Morgan fingerprint density at radius 2 is 1.83 bits per heavy atom. The Morgan fingerprint density at radius 3 is 2.38 bits per heavy atom. The Labute approximate surface area is 136 Å². The highest BCUT2D eigenvalue weighted by atomic mass is 32.2. The van der Waals surface area contributed by atoms with Crippen LogP contribution in [-0.4, -0.2) is 39.8 Å². The SMILES string of the molecule is O=C(COCC(F)(F)F)NNc1ccc(S(=O)(=O)NC2CC2)cc1. The van der Waals surface area contributed by atoms with Gasteiger partial charge in [-0.2, -0.15) is 13.2 Å². The number of alkyl halides is 3. The van der Waals surface area contributed by atoms with Crippen LogP contribution in [0.5, 0.6) is 0 Å². The number of sulfonamides is 1. The van der Waals surface area contributed by atoms with Gasteiger partial charge in [0.05, 0.1) is 10.6 Å². The number of hydrogen-bond donors (Lipinski definition) is 3. The lowest BCUT2D eigenvalue weighted by atomic mass is 10.3. The molecule has 2 rings (SSSR count). The van der Waals surface area contributed by atoms with E-state index in [9.17, 15) is 26.4 Å². The van der Waals surface area contributed by atoms with Gasteiger partial charge in [0.1, 0.15) is 13.2 Å². The average molecular weight is 367 g/mol. The van der Waals surface area contributed by atoms with E-state index in [1.165, 1.54) is 24.3 Å². The molecule has 0 aromatic heterocycles. The van der Waals surface area contributed by atoms with Gasteiger partial charge in [-0.25, -0.2) is 13.1 Å². The van der Waals surface area contributed by atoms with Crippen molar-refractivity contribution in [3.05, 3.63) is 24.3 Å². The van der Waals surface area contributed by atoms with Crippen LogP contribution in [0.1, 0.15) is 12.8 Å². The second-order valence-corrected chi connectivity index (χ2v) is 6.92. The normalized spacial score (nSPS) is 15.1. The van der Waals surface area contributed by atoms with Gasteiger partial charge >= 0.3 is 6.18 Å². The van der Waals surface area contributed by atoms with Crippen LogP contribution in [0.15, 0.2) is 29.2 Å². The summed E-state index contributed by atoms with van der Waals surface area (Å²) in [5.41, 5.74) is 4.95. The highest BCUT2D eigenvalue weighted by Crippen LogP contribution is 2.22. The predicted molar refractivity (Wildman–Crippen MR) is 78.4 cm³/mol. The molecule has 0 bridgehead atoms. The molecule has 0 spiro atoms. The van der Waals surface area contributed by atoms with Gasteiger partial charge < -0.3 is 4.74 Å². The number of amides is 1. The molecular weight excluding hydrogens is 351 g/mol. The molecule has 1 fully saturated rings. The third-order valence-corrected chi connectivity index (χ3v) is 4.45. The summed E-state index contributed by atoms with van der Waals surface area (Å²) in [5, 5.41) is 0. The van der Waals surface area contributed by atoms with Crippen molar-refractivity contribution in [2.75, 3.05) is 18.6 Å². The Kier molecular flexibility index (Phi) is 5.67. The molecule has 0 atom stereocenters. The van der Waals surface area contributed by atoms with Crippen molar-refractivity contribution >= 4 is 21.6 Å². The van der Waals surface area contributed by atoms with E-state index in [1.54, 1.807) is 0 Å². The topological polar surface area (TPSA) is 96.5 Å². The van der Waals surface area contributed by atoms with E-state index in [1.807, 2.05) is 0 Å². The molecule has 3 N–H and O–H groups in total. The number of nitrogens with one attached hydrogen (secondary N) is 3. The molecule has 0 saturated heterocycles. The monoisotopic (exact) mass is 367 g/mol. The molecule has 1 aliphatic carbocycles. The first-order valence-electron chi connectivity index (χ1n) is 6.97. The predicted octanol–water partition coefficient (Wildman–Crippen LogP) is 1.15. The first kappa shape index (κ1) is 18.5. The minimum absolute atomic E-state index is 0.0104. The molecule has 1 aliphatic rings. The summed E-state index contributed by atoms with van der Waals surface area (Å²) in [6, 6.07) is 5.51. The molecule has 134 valence electrons. The van der Waals surface area contributed by atoms with Gasteiger partial charge in [-0.05, 0) is 37.1 Å². The molecule has 0 heterocycles. The summed E-state index contributed by atoms with van der Waals surface area (Å²) in [4.78, 5) is 11.4. The average Bonchev–Trinajstić information content (AvgIpc) is 3.27. The first-order chi connectivity index (χ1) is 11.2. The molecule has 7 nitrogen and oxygen atoms in total. The zero-order chi connectivity index (χ0) is 17.8. The standard InChI is InChI=1S/C13H16F3N3O4S/c14-13(15,16)8-23-7-12(20)18-17-9-3-5-11(6-4-9)24(21,22)19-10-1-2-10/h3-6,10,17,19H,1-2,7-8H2,(H,18,20). The largest absolute Gasteiger partial charge is 0.411 e. The fraction of sp³-hybridized carbons (Fsp3) is 0.462. The molecular formula is C13H16F3N3O4S. The van der Waals surface area contributed by atoms with Crippen molar-refractivity contribution in [3.8, 4) is 0 Å². The smallest absolute Gasteiger partial charge is 0.362 e. The number of ether oxygens (including phenoxy) is 1. The summed E-state index contributed by atoms with van der Waals surface area (Å²) >= 11 is 0. The summed E-state index contributed by atoms with van der Waals surface area (Å²) in [6.45, 7) is -2.27. The maximum atomic E-state index is 11.9. The molecule has 1 saturated carbocycles. The Morgan fingerprint density at radius 1 is 1.21 bits per heavy atom. The van der Waals surface area contributed by atoms with Crippen molar-refractivity contribution in [1.29, 1.82) is 0 Å². The zero-order valence-electron chi connectivity index (χ0n) is 12.4. The van der Waals surface area contributed by atoms with Crippen molar-refractivity contribution in [2.45, 2.75) is 30.0 Å². The van der Waals surface area contributed by atoms with Gasteiger partial charge in [-0.15, -0.1) is 0 Å². The number of hydrogen-bond acceptors (Lipinski definition) is 5. The van der Waals surface area contributed by atoms with Crippen LogP contribution >= 0.6 is 0 Å². The van der Waals surface area contributed by atoms with Crippen LogP contribution in [0, 0.1) is 0 Å². The van der Waals surface area contributed by atoms with E-state index in [4.69, 9.17) is 0 Å². The Hall–Kier alpha value is -1.85. The highest BCUT2D eigenvalue weighted by Gasteiger charge is 2.28. The number of benzene rings is 1. The van der Waals surface area contributed by atoms with Crippen molar-refractivity contribution in [1.82, 2.24) is 10.1 Å². The number of carbonyl (C=O) groups is 1. The Bertz CT molecular complexity index is 673. The van der Waals surface area contributed by atoms with Crippen molar-refractivity contribution in [2.24, 2.45) is 0 Å². The second kappa shape index (κ2) is 7.36. The lowest BCUT2D eigenvalue weighted by molar-refractivity contribution is -0.175. The maximum absolute atomic E-state index is 11.9. The molecule has 0 radical (unpaired) electrons. The van der Waals surface area contributed by atoms with Crippen molar-refractivity contribution in [3.63, 3.8) is 0 Å². The molecule has 0 aliphatic heterocycles. The van der Waals surface area contributed by atoms with Gasteiger partial charge in [0, 0.05) is 6.04 Å². The quantitative estimate of drug-likeness (QED) is 0.599. The highest BCUT2D eigenvalue weighted by molar-refractivity contribution is 7.89. The lowest BCUT2D eigenvalue weighted by Crippen LogP contribution is -2.34. The van der Waals surface area contributed by atoms with Crippen LogP contribution in [0.2, 0.25) is 0 Å². The van der Waals surface area contributed by atoms with E-state index in [0.29, 0.717) is 5.69 Å². The van der Waals surface area contributed by atoms with E-state index in [-0.39, 0.29) is 10.9 Å². The van der Waals surface area contributed by atoms with E-state index in [2.05, 4.69) is 20.3 Å². The number of hydrazine groups is 1. The van der Waals surface area contributed by atoms with Crippen LogP contribution in [0.3, 0.4) is 0 Å². The van der Waals surface area contributed by atoms with Gasteiger partial charge in [0.15, 0.2) is 0 Å². The molecule has 24 heavy (non-hydrogen) atoms. The second-order valence-electron chi connectivity index (χ2n) is 5.20. The van der Waals surface area contributed by atoms with E-state index >= 15 is 0 Å². The molecule has 1 aromatic rings. The van der Waals surface area contributed by atoms with Gasteiger partial charge in [0.25, 0.3) is 5.91 Å². The third-order valence-electron chi connectivity index (χ3n) is 2.91. The number of carbonyl (C=O) groups excluding carboxylic acids is 1. The zero-order valence-corrected chi connectivity index (χ0v) is 13.2. The van der Waals surface area contributed by atoms with Crippen molar-refractivity contribution < 1.29 is 31.1 Å². The Balaban J connectivity index is 1.78. The fourth-order valence-corrected chi connectivity index (χ4v) is 2.95. The number of rotatable bonds is 8. The lowest BCUT2D eigenvalue weighted by Gasteiger charge is -2.11. The summed E-state index contributed by atoms with van der Waals surface area (Å²) < 4.78 is 66.2. The van der Waals surface area contributed by atoms with Gasteiger partial charge in [0.2, 0.25) is 10.0 Å². The summed E-state index contributed by atoms with van der Waals surface area (Å²) in [5.74, 6) is -0.800. The van der Waals surface area contributed by atoms with Gasteiger partial charge in [-0.1, -0.05) is 0 Å². The van der Waals surface area contributed by atoms with Crippen LogP contribution in [0.4, 0.5) is 18.9 Å². The molecule has 0 unspecified atom stereocenters.